The summed E-state index contributed by atoms with van der Waals surface area (Å²) in [7, 11) is 1.60. The van der Waals surface area contributed by atoms with Gasteiger partial charge in [0.15, 0.2) is 0 Å². The molecule has 0 aliphatic carbocycles. The molecule has 6 heteroatoms. The van der Waals surface area contributed by atoms with Crippen molar-refractivity contribution in [3.63, 3.8) is 0 Å². The summed E-state index contributed by atoms with van der Waals surface area (Å²) in [6.45, 7) is 1.28. The molecule has 0 bridgehead atoms. The number of rotatable bonds is 0. The van der Waals surface area contributed by atoms with E-state index in [1.807, 2.05) is 0 Å². The van der Waals surface area contributed by atoms with Crippen LogP contribution in [0.25, 0.3) is 0 Å². The number of carbonyl (C=O) groups excluding carboxylic acids is 2. The molecule has 2 heterocycles. The Labute approximate surface area is 75.0 Å². The van der Waals surface area contributed by atoms with E-state index < -0.39 is 12.1 Å². The molecular weight excluding hydrogens is 172 g/mol. The maximum Gasteiger partial charge on any atom is 0.329 e. The normalized spacial score (nSPS) is 27.9. The van der Waals surface area contributed by atoms with Gasteiger partial charge in [0.2, 0.25) is 0 Å². The highest BCUT2D eigenvalue weighted by Crippen LogP contribution is 2.06. The third-order valence-electron chi connectivity index (χ3n) is 2.13. The molecule has 0 aromatic rings. The Morgan fingerprint density at radius 3 is 3.08 bits per heavy atom. The van der Waals surface area contributed by atoms with Crippen LogP contribution in [0, 0.1) is 0 Å². The number of nitrogens with one attached hydrogen (secondary N) is 2. The molecule has 0 aromatic heterocycles. The number of amidine groups is 1. The monoisotopic (exact) mass is 182 g/mol. The van der Waals surface area contributed by atoms with Crippen molar-refractivity contribution in [3.05, 3.63) is 0 Å². The lowest BCUT2D eigenvalue weighted by atomic mass is 10.1. The quantitative estimate of drug-likeness (QED) is 0.480. The van der Waals surface area contributed by atoms with Crippen LogP contribution < -0.4 is 10.6 Å². The second-order valence-electron chi connectivity index (χ2n) is 2.98. The van der Waals surface area contributed by atoms with E-state index in [0.29, 0.717) is 18.9 Å². The summed E-state index contributed by atoms with van der Waals surface area (Å²) >= 11 is 0. The number of fused-ring (bicyclic) bond motifs is 1. The van der Waals surface area contributed by atoms with Crippen LogP contribution in [-0.2, 0) is 4.79 Å². The van der Waals surface area contributed by atoms with Gasteiger partial charge in [-0.05, 0) is 0 Å². The fraction of sp³-hybridized carbons (Fsp3) is 0.571. The third kappa shape index (κ3) is 1.19. The number of aliphatic imine (C=N–C) groups is 1. The van der Waals surface area contributed by atoms with E-state index in [2.05, 4.69) is 15.6 Å². The van der Waals surface area contributed by atoms with Gasteiger partial charge in [-0.2, -0.15) is 0 Å². The average molecular weight is 182 g/mol. The molecule has 3 amide bonds. The van der Waals surface area contributed by atoms with Gasteiger partial charge in [0.1, 0.15) is 11.9 Å². The number of imide groups is 1. The number of urea groups is 1. The molecule has 6 nitrogen and oxygen atoms in total. The van der Waals surface area contributed by atoms with Crippen molar-refractivity contribution in [1.82, 2.24) is 15.5 Å². The van der Waals surface area contributed by atoms with E-state index in [1.165, 1.54) is 4.90 Å². The second-order valence-corrected chi connectivity index (χ2v) is 2.98. The van der Waals surface area contributed by atoms with Gasteiger partial charge in [0.05, 0.1) is 6.54 Å². The molecule has 2 rings (SSSR count). The topological polar surface area (TPSA) is 73.8 Å². The van der Waals surface area contributed by atoms with E-state index in [9.17, 15) is 9.59 Å². The number of nitrogens with zero attached hydrogens (tertiary/aromatic N) is 2. The van der Waals surface area contributed by atoms with E-state index in [-0.39, 0.29) is 5.91 Å². The van der Waals surface area contributed by atoms with Gasteiger partial charge in [-0.25, -0.2) is 4.79 Å². The second kappa shape index (κ2) is 2.81. The molecule has 0 aromatic carbocycles. The molecule has 1 saturated heterocycles. The largest absolute Gasteiger partial charge is 0.329 e. The summed E-state index contributed by atoms with van der Waals surface area (Å²) < 4.78 is 0. The third-order valence-corrected chi connectivity index (χ3v) is 2.13. The van der Waals surface area contributed by atoms with Crippen LogP contribution in [0.3, 0.4) is 0 Å². The van der Waals surface area contributed by atoms with Crippen molar-refractivity contribution >= 4 is 17.8 Å². The highest BCUT2D eigenvalue weighted by atomic mass is 16.2. The number of carbonyl (C=O) groups is 2. The van der Waals surface area contributed by atoms with Crippen molar-refractivity contribution in [2.24, 2.45) is 4.99 Å². The molecule has 0 radical (unpaired) electrons. The first-order valence-electron chi connectivity index (χ1n) is 4.06. The van der Waals surface area contributed by atoms with Gasteiger partial charge in [-0.3, -0.25) is 25.3 Å². The first-order valence-corrected chi connectivity index (χ1v) is 4.06. The minimum absolute atomic E-state index is 0.318. The van der Waals surface area contributed by atoms with Crippen molar-refractivity contribution < 1.29 is 9.59 Å². The Balaban J connectivity index is 2.33. The van der Waals surface area contributed by atoms with E-state index in [1.54, 1.807) is 7.05 Å². The summed E-state index contributed by atoms with van der Waals surface area (Å²) in [4.78, 5) is 27.9. The number of hydrogen-bond acceptors (Lipinski definition) is 4. The lowest BCUT2D eigenvalue weighted by molar-refractivity contribution is -0.121. The summed E-state index contributed by atoms with van der Waals surface area (Å²) in [5.74, 6) is 0.196. The molecule has 1 fully saturated rings. The SMILES string of the molecule is CN1C(=O)NC(=O)C2NCCN=C21. The van der Waals surface area contributed by atoms with Gasteiger partial charge >= 0.3 is 6.03 Å². The average Bonchev–Trinajstić information content (AvgIpc) is 2.15. The van der Waals surface area contributed by atoms with Crippen LogP contribution in [0.1, 0.15) is 0 Å². The van der Waals surface area contributed by atoms with Gasteiger partial charge in [0.25, 0.3) is 5.91 Å². The van der Waals surface area contributed by atoms with Crippen LogP contribution in [0.5, 0.6) is 0 Å². The zero-order valence-electron chi connectivity index (χ0n) is 7.20. The smallest absolute Gasteiger partial charge is 0.298 e. The predicted molar refractivity (Wildman–Crippen MR) is 45.4 cm³/mol. The standard InChI is InChI=1S/C7H10N4O2/c1-11-5-4(8-2-3-9-5)6(12)10-7(11)13/h4,8H,2-3H2,1H3,(H,10,12,13). The van der Waals surface area contributed by atoms with Crippen LogP contribution in [0.4, 0.5) is 4.79 Å². The van der Waals surface area contributed by atoms with Gasteiger partial charge in [-0.1, -0.05) is 0 Å². The molecule has 1 unspecified atom stereocenters. The first kappa shape index (κ1) is 8.18. The van der Waals surface area contributed by atoms with Gasteiger partial charge in [-0.15, -0.1) is 0 Å². The Kier molecular flexibility index (Phi) is 1.77. The zero-order valence-corrected chi connectivity index (χ0v) is 7.20. The minimum atomic E-state index is -0.462. The summed E-state index contributed by atoms with van der Waals surface area (Å²) in [6.07, 6.45) is 0. The predicted octanol–water partition coefficient (Wildman–Crippen LogP) is -1.46. The van der Waals surface area contributed by atoms with Crippen molar-refractivity contribution in [3.8, 4) is 0 Å². The van der Waals surface area contributed by atoms with Crippen LogP contribution in [-0.4, -0.2) is 48.9 Å². The molecule has 1 atom stereocenters. The Bertz CT molecular complexity index is 299. The highest BCUT2D eigenvalue weighted by molar-refractivity contribution is 6.20. The summed E-state index contributed by atoms with van der Waals surface area (Å²) in [6, 6.07) is -0.875. The summed E-state index contributed by atoms with van der Waals surface area (Å²) in [5, 5.41) is 5.22. The van der Waals surface area contributed by atoms with Crippen molar-refractivity contribution in [2.45, 2.75) is 6.04 Å². The van der Waals surface area contributed by atoms with E-state index in [4.69, 9.17) is 0 Å². The molecule has 70 valence electrons. The van der Waals surface area contributed by atoms with Crippen LogP contribution in [0.15, 0.2) is 4.99 Å². The van der Waals surface area contributed by atoms with Crippen molar-refractivity contribution in [1.29, 1.82) is 0 Å². The number of amides is 3. The molecule has 0 spiro atoms. The first-order chi connectivity index (χ1) is 6.20. The number of likely N-dealkylation sites (N-methyl/N-ethyl adjacent to an activating group) is 1. The Hall–Kier alpha value is -1.43. The zero-order chi connectivity index (χ0) is 9.42. The lowest BCUT2D eigenvalue weighted by Crippen LogP contribution is -2.65. The molecule has 13 heavy (non-hydrogen) atoms. The Morgan fingerprint density at radius 2 is 2.31 bits per heavy atom. The van der Waals surface area contributed by atoms with Crippen LogP contribution in [0.2, 0.25) is 0 Å². The number of hydrogen-bond donors (Lipinski definition) is 2. The molecular formula is C7H10N4O2. The fourth-order valence-corrected chi connectivity index (χ4v) is 1.44. The van der Waals surface area contributed by atoms with E-state index in [0.717, 1.165) is 0 Å². The molecule has 0 saturated carbocycles. The highest BCUT2D eigenvalue weighted by Gasteiger charge is 2.37. The van der Waals surface area contributed by atoms with E-state index >= 15 is 0 Å². The van der Waals surface area contributed by atoms with Gasteiger partial charge in [0, 0.05) is 13.6 Å². The van der Waals surface area contributed by atoms with Crippen molar-refractivity contribution in [2.75, 3.05) is 20.1 Å². The fourth-order valence-electron chi connectivity index (χ4n) is 1.44. The maximum atomic E-state index is 11.3. The van der Waals surface area contributed by atoms with Gasteiger partial charge < -0.3 is 0 Å². The summed E-state index contributed by atoms with van der Waals surface area (Å²) in [5.41, 5.74) is 0. The molecule has 2 aliphatic rings. The molecule has 2 N–H and O–H groups in total. The minimum Gasteiger partial charge on any atom is -0.298 e. The maximum absolute atomic E-state index is 11.3. The van der Waals surface area contributed by atoms with Crippen LogP contribution >= 0.6 is 0 Å². The Morgan fingerprint density at radius 1 is 1.54 bits per heavy atom. The molecule has 2 aliphatic heterocycles. The lowest BCUT2D eigenvalue weighted by Gasteiger charge is -2.33.